The SMILES string of the molecule is CNC(C)(C#N)CCCCN(C)C(C)C(C)(C)C. The van der Waals surface area contributed by atoms with Crippen LogP contribution in [-0.4, -0.2) is 37.1 Å². The van der Waals surface area contributed by atoms with Crippen LogP contribution >= 0.6 is 0 Å². The van der Waals surface area contributed by atoms with Crippen molar-refractivity contribution in [2.45, 2.75) is 65.5 Å². The van der Waals surface area contributed by atoms with Crippen molar-refractivity contribution >= 4 is 0 Å². The Kier molecular flexibility index (Phi) is 6.88. The summed E-state index contributed by atoms with van der Waals surface area (Å²) in [6.45, 7) is 12.2. The number of hydrogen-bond donors (Lipinski definition) is 1. The van der Waals surface area contributed by atoms with Crippen molar-refractivity contribution in [3.05, 3.63) is 0 Å². The van der Waals surface area contributed by atoms with Crippen molar-refractivity contribution in [2.75, 3.05) is 20.6 Å². The molecule has 0 aromatic rings. The highest BCUT2D eigenvalue weighted by atomic mass is 15.1. The Morgan fingerprint density at radius 2 is 1.78 bits per heavy atom. The van der Waals surface area contributed by atoms with Gasteiger partial charge in [0.15, 0.2) is 0 Å². The lowest BCUT2D eigenvalue weighted by molar-refractivity contribution is 0.138. The molecular weight excluding hydrogens is 222 g/mol. The van der Waals surface area contributed by atoms with E-state index in [-0.39, 0.29) is 5.54 Å². The molecule has 0 heterocycles. The van der Waals surface area contributed by atoms with Gasteiger partial charge in [0, 0.05) is 6.04 Å². The number of unbranched alkanes of at least 4 members (excludes halogenated alkanes) is 1. The van der Waals surface area contributed by atoms with Gasteiger partial charge in [-0.2, -0.15) is 5.26 Å². The second kappa shape index (κ2) is 7.11. The van der Waals surface area contributed by atoms with E-state index in [1.54, 1.807) is 0 Å². The fraction of sp³-hybridized carbons (Fsp3) is 0.933. The molecule has 0 amide bonds. The highest BCUT2D eigenvalue weighted by Crippen LogP contribution is 2.23. The van der Waals surface area contributed by atoms with E-state index in [0.29, 0.717) is 11.5 Å². The van der Waals surface area contributed by atoms with Gasteiger partial charge < -0.3 is 10.2 Å². The molecule has 2 atom stereocenters. The summed E-state index contributed by atoms with van der Waals surface area (Å²) in [4.78, 5) is 2.42. The van der Waals surface area contributed by atoms with Crippen molar-refractivity contribution < 1.29 is 0 Å². The molecule has 0 saturated heterocycles. The molecule has 0 saturated carbocycles. The number of hydrogen-bond acceptors (Lipinski definition) is 3. The standard InChI is InChI=1S/C15H31N3/c1-13(14(2,3)4)18(7)11-9-8-10-15(5,12-16)17-6/h13,17H,8-11H2,1-7H3. The minimum absolute atomic E-state index is 0.320. The molecule has 3 nitrogen and oxygen atoms in total. The van der Waals surface area contributed by atoms with Gasteiger partial charge in [-0.25, -0.2) is 0 Å². The summed E-state index contributed by atoms with van der Waals surface area (Å²) in [7, 11) is 4.05. The summed E-state index contributed by atoms with van der Waals surface area (Å²) >= 11 is 0. The smallest absolute Gasteiger partial charge is 0.103 e. The molecule has 0 aromatic carbocycles. The zero-order chi connectivity index (χ0) is 14.4. The second-order valence-electron chi connectivity index (χ2n) is 6.67. The minimum atomic E-state index is -0.367. The second-order valence-corrected chi connectivity index (χ2v) is 6.67. The van der Waals surface area contributed by atoms with Gasteiger partial charge >= 0.3 is 0 Å². The summed E-state index contributed by atoms with van der Waals surface area (Å²) in [5, 5.41) is 12.2. The van der Waals surface area contributed by atoms with E-state index in [1.807, 2.05) is 14.0 Å². The van der Waals surface area contributed by atoms with E-state index in [4.69, 9.17) is 5.26 Å². The number of nitrogens with one attached hydrogen (secondary N) is 1. The average molecular weight is 253 g/mol. The van der Waals surface area contributed by atoms with Crippen LogP contribution in [0, 0.1) is 16.7 Å². The first-order chi connectivity index (χ1) is 8.16. The third-order valence-electron chi connectivity index (χ3n) is 4.15. The highest BCUT2D eigenvalue weighted by molar-refractivity contribution is 5.02. The molecular formula is C15H31N3. The van der Waals surface area contributed by atoms with Gasteiger partial charge in [-0.05, 0) is 59.2 Å². The van der Waals surface area contributed by atoms with Gasteiger partial charge in [0.2, 0.25) is 0 Å². The van der Waals surface area contributed by atoms with Crippen LogP contribution in [0.15, 0.2) is 0 Å². The molecule has 1 N–H and O–H groups in total. The van der Waals surface area contributed by atoms with Crippen molar-refractivity contribution in [1.29, 1.82) is 5.26 Å². The van der Waals surface area contributed by atoms with E-state index >= 15 is 0 Å². The molecule has 0 aliphatic carbocycles. The molecule has 0 radical (unpaired) electrons. The first-order valence-electron chi connectivity index (χ1n) is 6.96. The molecule has 2 unspecified atom stereocenters. The predicted octanol–water partition coefficient (Wildman–Crippen LogP) is 3.02. The molecule has 18 heavy (non-hydrogen) atoms. The quantitative estimate of drug-likeness (QED) is 0.709. The molecule has 0 fully saturated rings. The number of rotatable bonds is 7. The number of nitrogens with zero attached hydrogens (tertiary/aromatic N) is 2. The summed E-state index contributed by atoms with van der Waals surface area (Å²) in [5.41, 5.74) is -0.0465. The molecule has 0 aliphatic heterocycles. The van der Waals surface area contributed by atoms with E-state index in [2.05, 4.69) is 51.0 Å². The summed E-state index contributed by atoms with van der Waals surface area (Å²) in [6.07, 6.45) is 3.15. The maximum absolute atomic E-state index is 9.07. The van der Waals surface area contributed by atoms with E-state index < -0.39 is 0 Å². The van der Waals surface area contributed by atoms with Crippen molar-refractivity contribution in [3.63, 3.8) is 0 Å². The first-order valence-corrected chi connectivity index (χ1v) is 6.96. The Labute approximate surface area is 114 Å². The lowest BCUT2D eigenvalue weighted by Gasteiger charge is -2.35. The average Bonchev–Trinajstić information content (AvgIpc) is 2.31. The van der Waals surface area contributed by atoms with Gasteiger partial charge in [-0.3, -0.25) is 0 Å². The van der Waals surface area contributed by atoms with Crippen molar-refractivity contribution in [1.82, 2.24) is 10.2 Å². The molecule has 0 bridgehead atoms. The normalized spacial score (nSPS) is 17.3. The summed E-state index contributed by atoms with van der Waals surface area (Å²) < 4.78 is 0. The topological polar surface area (TPSA) is 39.1 Å². The Hall–Kier alpha value is -0.590. The lowest BCUT2D eigenvalue weighted by Crippen LogP contribution is -2.40. The zero-order valence-electron chi connectivity index (χ0n) is 13.3. The molecule has 0 rings (SSSR count). The number of nitriles is 1. The van der Waals surface area contributed by atoms with Crippen molar-refractivity contribution in [2.24, 2.45) is 5.41 Å². The third-order valence-corrected chi connectivity index (χ3v) is 4.15. The molecule has 0 aromatic heterocycles. The summed E-state index contributed by atoms with van der Waals surface area (Å²) in [6, 6.07) is 2.91. The molecule has 3 heteroatoms. The summed E-state index contributed by atoms with van der Waals surface area (Å²) in [5.74, 6) is 0. The van der Waals surface area contributed by atoms with Crippen LogP contribution in [0.5, 0.6) is 0 Å². The van der Waals surface area contributed by atoms with Crippen LogP contribution in [0.4, 0.5) is 0 Å². The van der Waals surface area contributed by atoms with E-state index in [9.17, 15) is 0 Å². The highest BCUT2D eigenvalue weighted by Gasteiger charge is 2.24. The van der Waals surface area contributed by atoms with Gasteiger partial charge in [0.05, 0.1) is 6.07 Å². The third kappa shape index (κ3) is 5.84. The lowest BCUT2D eigenvalue weighted by atomic mass is 9.87. The van der Waals surface area contributed by atoms with Crippen molar-refractivity contribution in [3.8, 4) is 6.07 Å². The molecule has 0 spiro atoms. The fourth-order valence-electron chi connectivity index (χ4n) is 1.93. The maximum atomic E-state index is 9.07. The van der Waals surface area contributed by atoms with Crippen LogP contribution in [-0.2, 0) is 0 Å². The monoisotopic (exact) mass is 253 g/mol. The molecule has 106 valence electrons. The Bertz CT molecular complexity index is 274. The van der Waals surface area contributed by atoms with Gasteiger partial charge in [-0.1, -0.05) is 20.8 Å². The Morgan fingerprint density at radius 3 is 2.17 bits per heavy atom. The van der Waals surface area contributed by atoms with Gasteiger partial charge in [-0.15, -0.1) is 0 Å². The predicted molar refractivity (Wildman–Crippen MR) is 78.5 cm³/mol. The van der Waals surface area contributed by atoms with Crippen LogP contribution in [0.1, 0.15) is 53.9 Å². The van der Waals surface area contributed by atoms with Gasteiger partial charge in [0.1, 0.15) is 5.54 Å². The zero-order valence-corrected chi connectivity index (χ0v) is 13.3. The van der Waals surface area contributed by atoms with Crippen LogP contribution in [0.3, 0.4) is 0 Å². The van der Waals surface area contributed by atoms with Crippen LogP contribution < -0.4 is 5.32 Å². The minimum Gasteiger partial charge on any atom is -0.303 e. The maximum Gasteiger partial charge on any atom is 0.103 e. The van der Waals surface area contributed by atoms with E-state index in [0.717, 1.165) is 25.8 Å². The Morgan fingerprint density at radius 1 is 1.22 bits per heavy atom. The molecule has 0 aliphatic rings. The van der Waals surface area contributed by atoms with Gasteiger partial charge in [0.25, 0.3) is 0 Å². The Balaban J connectivity index is 3.97. The first kappa shape index (κ1) is 17.4. The van der Waals surface area contributed by atoms with Crippen LogP contribution in [0.25, 0.3) is 0 Å². The largest absolute Gasteiger partial charge is 0.303 e. The fourth-order valence-corrected chi connectivity index (χ4v) is 1.93. The van der Waals surface area contributed by atoms with E-state index in [1.165, 1.54) is 0 Å². The van der Waals surface area contributed by atoms with Crippen LogP contribution in [0.2, 0.25) is 0 Å².